The predicted octanol–water partition coefficient (Wildman–Crippen LogP) is 4.54. The Morgan fingerprint density at radius 2 is 1.89 bits per heavy atom. The molecule has 0 unspecified atom stereocenters. The second kappa shape index (κ2) is 8.19. The van der Waals surface area contributed by atoms with Crippen LogP contribution >= 0.6 is 27.7 Å². The van der Waals surface area contributed by atoms with Crippen molar-refractivity contribution in [1.82, 2.24) is 4.90 Å². The van der Waals surface area contributed by atoms with Crippen molar-refractivity contribution in [2.75, 3.05) is 11.9 Å². The van der Waals surface area contributed by atoms with Gasteiger partial charge in [0.05, 0.1) is 10.6 Å². The van der Waals surface area contributed by atoms with Crippen molar-refractivity contribution in [3.05, 3.63) is 68.8 Å². The van der Waals surface area contributed by atoms with E-state index in [1.54, 1.807) is 24.3 Å². The van der Waals surface area contributed by atoms with Crippen molar-refractivity contribution in [1.29, 1.82) is 0 Å². The predicted molar refractivity (Wildman–Crippen MR) is 102 cm³/mol. The van der Waals surface area contributed by atoms with E-state index in [2.05, 4.69) is 15.9 Å². The molecular formula is C18H10BrF3N2O3S. The number of carbonyl (C=O) groups excluding carboxylic acids is 3. The van der Waals surface area contributed by atoms with Gasteiger partial charge < -0.3 is 5.32 Å². The summed E-state index contributed by atoms with van der Waals surface area (Å²) in [5, 5.41) is 1.34. The fourth-order valence-electron chi connectivity index (χ4n) is 2.34. The van der Waals surface area contributed by atoms with Gasteiger partial charge in [-0.2, -0.15) is 0 Å². The van der Waals surface area contributed by atoms with Gasteiger partial charge in [-0.05, 0) is 47.7 Å². The average molecular weight is 471 g/mol. The number of imide groups is 1. The van der Waals surface area contributed by atoms with Crippen molar-refractivity contribution in [3.8, 4) is 0 Å². The average Bonchev–Trinajstić information content (AvgIpc) is 2.90. The zero-order valence-electron chi connectivity index (χ0n) is 13.8. The van der Waals surface area contributed by atoms with E-state index in [0.717, 1.165) is 10.5 Å². The molecule has 2 aromatic carbocycles. The van der Waals surface area contributed by atoms with Crippen molar-refractivity contribution in [2.45, 2.75) is 0 Å². The highest BCUT2D eigenvalue weighted by Gasteiger charge is 2.36. The molecule has 1 aliphatic rings. The molecule has 1 saturated heterocycles. The Kier molecular flexibility index (Phi) is 5.90. The molecule has 2 aromatic rings. The molecule has 0 bridgehead atoms. The summed E-state index contributed by atoms with van der Waals surface area (Å²) in [6.45, 7) is -0.696. The number of nitrogens with one attached hydrogen (secondary N) is 1. The van der Waals surface area contributed by atoms with Gasteiger partial charge in [-0.15, -0.1) is 0 Å². The minimum Gasteiger partial charge on any atom is -0.322 e. The third-order valence-corrected chi connectivity index (χ3v) is 5.03. The number of carbonyl (C=O) groups is 3. The van der Waals surface area contributed by atoms with Crippen molar-refractivity contribution < 1.29 is 27.6 Å². The van der Waals surface area contributed by atoms with E-state index in [0.29, 0.717) is 28.3 Å². The van der Waals surface area contributed by atoms with Gasteiger partial charge in [0.2, 0.25) is 5.91 Å². The summed E-state index contributed by atoms with van der Waals surface area (Å²) in [6, 6.07) is 8.51. The molecule has 28 heavy (non-hydrogen) atoms. The maximum absolute atomic E-state index is 13.6. The Bertz CT molecular complexity index is 1030. The molecule has 144 valence electrons. The van der Waals surface area contributed by atoms with E-state index >= 15 is 0 Å². The molecule has 1 fully saturated rings. The van der Waals surface area contributed by atoms with Crippen LogP contribution in [0.5, 0.6) is 0 Å². The minimum absolute atomic E-state index is 0.120. The smallest absolute Gasteiger partial charge is 0.294 e. The number of amides is 3. The quantitative estimate of drug-likeness (QED) is 0.526. The van der Waals surface area contributed by atoms with Crippen LogP contribution in [0.3, 0.4) is 0 Å². The molecule has 0 atom stereocenters. The Labute approximate surface area is 169 Å². The van der Waals surface area contributed by atoms with Crippen LogP contribution in [0.4, 0.5) is 23.7 Å². The lowest BCUT2D eigenvalue weighted by molar-refractivity contribution is -0.127. The second-order valence-corrected chi connectivity index (χ2v) is 7.50. The summed E-state index contributed by atoms with van der Waals surface area (Å²) in [7, 11) is 0. The first-order valence-electron chi connectivity index (χ1n) is 7.70. The van der Waals surface area contributed by atoms with Crippen LogP contribution in [0.2, 0.25) is 0 Å². The molecule has 1 aliphatic heterocycles. The topological polar surface area (TPSA) is 66.5 Å². The summed E-state index contributed by atoms with van der Waals surface area (Å²) < 4.78 is 40.6. The lowest BCUT2D eigenvalue weighted by Gasteiger charge is -2.13. The molecule has 0 aromatic heterocycles. The lowest BCUT2D eigenvalue weighted by atomic mass is 10.2. The van der Waals surface area contributed by atoms with Gasteiger partial charge >= 0.3 is 0 Å². The number of hydrogen-bond acceptors (Lipinski definition) is 4. The van der Waals surface area contributed by atoms with E-state index in [1.165, 1.54) is 6.08 Å². The van der Waals surface area contributed by atoms with E-state index in [-0.39, 0.29) is 4.91 Å². The first-order valence-corrected chi connectivity index (χ1v) is 9.31. The number of rotatable bonds is 4. The molecule has 0 saturated carbocycles. The van der Waals surface area contributed by atoms with Gasteiger partial charge in [-0.25, -0.2) is 13.2 Å². The van der Waals surface area contributed by atoms with Crippen LogP contribution in [-0.2, 0) is 9.59 Å². The molecule has 0 spiro atoms. The molecule has 1 heterocycles. The van der Waals surface area contributed by atoms with Crippen molar-refractivity contribution in [2.24, 2.45) is 0 Å². The van der Waals surface area contributed by atoms with Gasteiger partial charge in [0.1, 0.15) is 6.54 Å². The molecule has 0 radical (unpaired) electrons. The van der Waals surface area contributed by atoms with E-state index in [4.69, 9.17) is 0 Å². The first-order chi connectivity index (χ1) is 13.3. The zero-order valence-corrected chi connectivity index (χ0v) is 16.2. The summed E-state index contributed by atoms with van der Waals surface area (Å²) in [4.78, 5) is 37.3. The second-order valence-electron chi connectivity index (χ2n) is 5.59. The lowest BCUT2D eigenvalue weighted by Crippen LogP contribution is -2.36. The van der Waals surface area contributed by atoms with Crippen molar-refractivity contribution >= 4 is 56.5 Å². The SMILES string of the molecule is O=C(CN1C(=O)S/C(=C/c2cccc(Br)c2)C1=O)Nc1ccc(F)c(F)c1F. The zero-order chi connectivity index (χ0) is 20.4. The number of hydrogen-bond donors (Lipinski definition) is 1. The van der Waals surface area contributed by atoms with Gasteiger partial charge in [0.15, 0.2) is 17.5 Å². The third-order valence-electron chi connectivity index (χ3n) is 3.63. The first kappa shape index (κ1) is 20.2. The molecule has 3 amide bonds. The molecule has 0 aliphatic carbocycles. The van der Waals surface area contributed by atoms with Crippen LogP contribution in [0.15, 0.2) is 45.8 Å². The Balaban J connectivity index is 1.72. The van der Waals surface area contributed by atoms with Crippen LogP contribution in [0.1, 0.15) is 5.56 Å². The maximum Gasteiger partial charge on any atom is 0.294 e. The van der Waals surface area contributed by atoms with E-state index < -0.39 is 46.7 Å². The van der Waals surface area contributed by atoms with Crippen LogP contribution in [-0.4, -0.2) is 28.5 Å². The molecule has 3 rings (SSSR count). The Hall–Kier alpha value is -2.59. The van der Waals surface area contributed by atoms with Gasteiger partial charge in [-0.1, -0.05) is 28.1 Å². The van der Waals surface area contributed by atoms with Gasteiger partial charge in [0, 0.05) is 4.47 Å². The summed E-state index contributed by atoms with van der Waals surface area (Å²) in [6.07, 6.45) is 1.50. The standard InChI is InChI=1S/C18H10BrF3N2O3S/c19-10-3-1-2-9(6-10)7-13-17(26)24(18(27)28-13)8-14(25)23-12-5-4-11(20)15(21)16(12)22/h1-7H,8H2,(H,23,25)/b13-7+. The Morgan fingerprint density at radius 1 is 1.14 bits per heavy atom. The fraction of sp³-hybridized carbons (Fsp3) is 0.0556. The summed E-state index contributed by atoms with van der Waals surface area (Å²) in [5.41, 5.74) is 0.0775. The van der Waals surface area contributed by atoms with Crippen LogP contribution in [0.25, 0.3) is 6.08 Å². The monoisotopic (exact) mass is 470 g/mol. The van der Waals surface area contributed by atoms with E-state index in [9.17, 15) is 27.6 Å². The summed E-state index contributed by atoms with van der Waals surface area (Å²) >= 11 is 3.96. The van der Waals surface area contributed by atoms with Gasteiger partial charge in [-0.3, -0.25) is 19.3 Å². The highest BCUT2D eigenvalue weighted by molar-refractivity contribution is 9.10. The van der Waals surface area contributed by atoms with Crippen LogP contribution in [0, 0.1) is 17.5 Å². The largest absolute Gasteiger partial charge is 0.322 e. The highest BCUT2D eigenvalue weighted by Crippen LogP contribution is 2.32. The molecule has 1 N–H and O–H groups in total. The molecule has 10 heteroatoms. The summed E-state index contributed by atoms with van der Waals surface area (Å²) in [5.74, 6) is -6.33. The normalized spacial score (nSPS) is 15.4. The minimum atomic E-state index is -1.74. The number of anilines is 1. The highest BCUT2D eigenvalue weighted by atomic mass is 79.9. The molecular weight excluding hydrogens is 461 g/mol. The van der Waals surface area contributed by atoms with E-state index in [1.807, 2.05) is 5.32 Å². The number of halogens is 4. The fourth-order valence-corrected chi connectivity index (χ4v) is 3.60. The maximum atomic E-state index is 13.6. The number of thioether (sulfide) groups is 1. The number of nitrogens with zero attached hydrogens (tertiary/aromatic N) is 1. The van der Waals surface area contributed by atoms with Crippen molar-refractivity contribution in [3.63, 3.8) is 0 Å². The number of benzene rings is 2. The third kappa shape index (κ3) is 4.28. The molecule has 5 nitrogen and oxygen atoms in total. The van der Waals surface area contributed by atoms with Crippen LogP contribution < -0.4 is 5.32 Å². The Morgan fingerprint density at radius 3 is 2.61 bits per heavy atom. The van der Waals surface area contributed by atoms with Gasteiger partial charge in [0.25, 0.3) is 11.1 Å².